The van der Waals surface area contributed by atoms with E-state index in [0.29, 0.717) is 0 Å². The van der Waals surface area contributed by atoms with Gasteiger partial charge in [-0.15, -0.1) is 0 Å². The first-order valence-electron chi connectivity index (χ1n) is 9.04. The Morgan fingerprint density at radius 2 is 1.62 bits per heavy atom. The fraction of sp³-hybridized carbons (Fsp3) is 0.273. The Bertz CT molecular complexity index is 1040. The van der Waals surface area contributed by atoms with E-state index in [1.165, 1.54) is 39.1 Å². The van der Waals surface area contributed by atoms with Crippen molar-refractivity contribution in [2.45, 2.75) is 25.9 Å². The van der Waals surface area contributed by atoms with Crippen molar-refractivity contribution in [3.63, 3.8) is 0 Å². The molecule has 0 saturated carbocycles. The molecule has 2 heterocycles. The quantitative estimate of drug-likeness (QED) is 0.655. The van der Waals surface area contributed by atoms with Gasteiger partial charge in [-0.2, -0.15) is 0 Å². The van der Waals surface area contributed by atoms with E-state index in [-0.39, 0.29) is 12.1 Å². The highest BCUT2D eigenvalue weighted by molar-refractivity contribution is 5.85. The van der Waals surface area contributed by atoms with Gasteiger partial charge in [-0.1, -0.05) is 36.4 Å². The molecular formula is C22H22N4. The molecule has 2 aliphatic rings. The number of nitrogens with zero attached hydrogens (tertiary/aromatic N) is 4. The SMILES string of the molecule is Cc1cccc(C)c1-c1cccc2c1C1N=CN(C)C1c1c-2ncn1C. The fourth-order valence-corrected chi connectivity index (χ4v) is 4.67. The van der Waals surface area contributed by atoms with E-state index in [4.69, 9.17) is 9.98 Å². The third kappa shape index (κ3) is 1.90. The first kappa shape index (κ1) is 15.4. The first-order chi connectivity index (χ1) is 12.6. The molecule has 1 aliphatic heterocycles. The van der Waals surface area contributed by atoms with Gasteiger partial charge in [0.1, 0.15) is 6.04 Å². The van der Waals surface area contributed by atoms with Crippen LogP contribution in [-0.2, 0) is 7.05 Å². The Kier molecular flexibility index (Phi) is 3.14. The van der Waals surface area contributed by atoms with Crippen molar-refractivity contribution in [2.75, 3.05) is 7.05 Å². The number of aryl methyl sites for hydroxylation is 3. The maximum absolute atomic E-state index is 4.90. The van der Waals surface area contributed by atoms with Crippen molar-refractivity contribution in [1.82, 2.24) is 14.5 Å². The Morgan fingerprint density at radius 1 is 0.923 bits per heavy atom. The lowest BCUT2D eigenvalue weighted by molar-refractivity contribution is 0.352. The van der Waals surface area contributed by atoms with E-state index >= 15 is 0 Å². The van der Waals surface area contributed by atoms with Crippen LogP contribution in [0.4, 0.5) is 0 Å². The highest BCUT2D eigenvalue weighted by Gasteiger charge is 2.42. The summed E-state index contributed by atoms with van der Waals surface area (Å²) in [6.45, 7) is 4.39. The minimum Gasteiger partial charge on any atom is -0.355 e. The van der Waals surface area contributed by atoms with Gasteiger partial charge < -0.3 is 9.47 Å². The van der Waals surface area contributed by atoms with Gasteiger partial charge in [-0.05, 0) is 41.7 Å². The number of aliphatic imine (C=N–C) groups is 1. The summed E-state index contributed by atoms with van der Waals surface area (Å²) in [4.78, 5) is 11.9. The lowest BCUT2D eigenvalue weighted by atomic mass is 9.79. The van der Waals surface area contributed by atoms with Crippen LogP contribution in [0, 0.1) is 13.8 Å². The molecule has 0 radical (unpaired) electrons. The molecule has 2 atom stereocenters. The Hall–Kier alpha value is -2.88. The molecule has 0 saturated heterocycles. The van der Waals surface area contributed by atoms with Gasteiger partial charge in [-0.3, -0.25) is 4.99 Å². The lowest BCUT2D eigenvalue weighted by Gasteiger charge is -2.33. The number of likely N-dealkylation sites (N-methyl/N-ethyl adjacent to an activating group) is 1. The molecule has 0 spiro atoms. The second-order valence-corrected chi connectivity index (χ2v) is 7.44. The Labute approximate surface area is 153 Å². The van der Waals surface area contributed by atoms with Gasteiger partial charge in [0.05, 0.1) is 30.1 Å². The number of imidazole rings is 1. The molecule has 0 amide bonds. The molecule has 1 aliphatic carbocycles. The highest BCUT2D eigenvalue weighted by Crippen LogP contribution is 2.53. The number of benzene rings is 2. The third-order valence-corrected chi connectivity index (χ3v) is 5.82. The summed E-state index contributed by atoms with van der Waals surface area (Å²) in [7, 11) is 4.19. The predicted octanol–water partition coefficient (Wildman–Crippen LogP) is 4.44. The minimum atomic E-state index is 0.105. The van der Waals surface area contributed by atoms with Crippen LogP contribution in [0.1, 0.15) is 34.5 Å². The van der Waals surface area contributed by atoms with Crippen LogP contribution >= 0.6 is 0 Å². The number of rotatable bonds is 1. The Morgan fingerprint density at radius 3 is 2.38 bits per heavy atom. The summed E-state index contributed by atoms with van der Waals surface area (Å²) in [6, 6.07) is 13.4. The van der Waals surface area contributed by atoms with Gasteiger partial charge in [-0.25, -0.2) is 4.98 Å². The van der Waals surface area contributed by atoms with E-state index < -0.39 is 0 Å². The molecule has 0 fully saturated rings. The molecule has 130 valence electrons. The van der Waals surface area contributed by atoms with Crippen molar-refractivity contribution >= 4 is 6.34 Å². The molecule has 2 unspecified atom stereocenters. The number of aromatic nitrogens is 2. The summed E-state index contributed by atoms with van der Waals surface area (Å²) in [5.41, 5.74) is 10.1. The molecule has 4 heteroatoms. The average molecular weight is 342 g/mol. The summed E-state index contributed by atoms with van der Waals surface area (Å²) < 4.78 is 2.15. The summed E-state index contributed by atoms with van der Waals surface area (Å²) in [6.07, 6.45) is 3.90. The lowest BCUT2D eigenvalue weighted by Crippen LogP contribution is -2.27. The number of hydrogen-bond donors (Lipinski definition) is 0. The van der Waals surface area contributed by atoms with Crippen molar-refractivity contribution < 1.29 is 0 Å². The molecule has 3 aromatic rings. The Balaban J connectivity index is 1.86. The van der Waals surface area contributed by atoms with E-state index in [1.54, 1.807) is 0 Å². The number of fused-ring (bicyclic) bond motifs is 6. The van der Waals surface area contributed by atoms with Crippen LogP contribution in [0.15, 0.2) is 47.7 Å². The van der Waals surface area contributed by atoms with Crippen LogP contribution in [0.5, 0.6) is 0 Å². The van der Waals surface area contributed by atoms with Crippen LogP contribution in [0.2, 0.25) is 0 Å². The largest absolute Gasteiger partial charge is 0.355 e. The van der Waals surface area contributed by atoms with Gasteiger partial charge in [0.25, 0.3) is 0 Å². The summed E-state index contributed by atoms with van der Waals surface area (Å²) in [5.74, 6) is 0. The van der Waals surface area contributed by atoms with E-state index in [0.717, 1.165) is 5.69 Å². The van der Waals surface area contributed by atoms with E-state index in [1.807, 2.05) is 12.7 Å². The zero-order valence-corrected chi connectivity index (χ0v) is 15.6. The molecule has 0 bridgehead atoms. The summed E-state index contributed by atoms with van der Waals surface area (Å²) >= 11 is 0. The molecule has 26 heavy (non-hydrogen) atoms. The monoisotopic (exact) mass is 342 g/mol. The highest BCUT2D eigenvalue weighted by atomic mass is 15.3. The normalized spacial score (nSPS) is 20.1. The van der Waals surface area contributed by atoms with Crippen molar-refractivity contribution in [3.05, 3.63) is 65.1 Å². The van der Waals surface area contributed by atoms with Crippen molar-refractivity contribution in [1.29, 1.82) is 0 Å². The van der Waals surface area contributed by atoms with Crippen LogP contribution in [0.25, 0.3) is 22.4 Å². The second kappa shape index (κ2) is 5.31. The zero-order valence-electron chi connectivity index (χ0n) is 15.6. The average Bonchev–Trinajstić information content (AvgIpc) is 3.18. The molecule has 1 aromatic heterocycles. The standard InChI is InChI=1S/C22H22N4/c1-13-7-5-8-14(2)17(13)15-9-6-10-16-18(15)20-22(26(4)12-24-20)21-19(16)23-11-25(21)3/h5-12,20,22H,1-4H3. The maximum Gasteiger partial charge on any atom is 0.104 e. The van der Waals surface area contributed by atoms with Gasteiger partial charge >= 0.3 is 0 Å². The smallest absolute Gasteiger partial charge is 0.104 e. The molecule has 2 aromatic carbocycles. The van der Waals surface area contributed by atoms with Crippen LogP contribution in [-0.4, -0.2) is 27.8 Å². The van der Waals surface area contributed by atoms with Crippen LogP contribution in [0.3, 0.4) is 0 Å². The number of hydrogen-bond acceptors (Lipinski definition) is 3. The van der Waals surface area contributed by atoms with Crippen LogP contribution < -0.4 is 0 Å². The van der Waals surface area contributed by atoms with Gasteiger partial charge in [0.2, 0.25) is 0 Å². The molecule has 4 nitrogen and oxygen atoms in total. The zero-order chi connectivity index (χ0) is 18.0. The van der Waals surface area contributed by atoms with Gasteiger partial charge in [0, 0.05) is 19.7 Å². The predicted molar refractivity (Wildman–Crippen MR) is 105 cm³/mol. The molecule has 0 N–H and O–H groups in total. The maximum atomic E-state index is 4.90. The van der Waals surface area contributed by atoms with Crippen molar-refractivity contribution in [3.8, 4) is 22.4 Å². The third-order valence-electron chi connectivity index (χ3n) is 5.82. The topological polar surface area (TPSA) is 33.4 Å². The second-order valence-electron chi connectivity index (χ2n) is 7.44. The van der Waals surface area contributed by atoms with Gasteiger partial charge in [0.15, 0.2) is 0 Å². The fourth-order valence-electron chi connectivity index (χ4n) is 4.67. The minimum absolute atomic E-state index is 0.105. The molecule has 5 rings (SSSR count). The summed E-state index contributed by atoms with van der Waals surface area (Å²) in [5, 5.41) is 0. The van der Waals surface area contributed by atoms with E-state index in [9.17, 15) is 0 Å². The molecular weight excluding hydrogens is 320 g/mol. The van der Waals surface area contributed by atoms with E-state index in [2.05, 4.69) is 73.8 Å². The first-order valence-corrected chi connectivity index (χ1v) is 9.04. The van der Waals surface area contributed by atoms with Crippen molar-refractivity contribution in [2.24, 2.45) is 12.0 Å².